The predicted octanol–water partition coefficient (Wildman–Crippen LogP) is 0.745. The number of hydrogen-bond acceptors (Lipinski definition) is 6. The minimum atomic E-state index is -3.71. The molecule has 10 heteroatoms. The molecule has 0 aromatic heterocycles. The first-order valence-corrected chi connectivity index (χ1v) is 11.0. The van der Waals surface area contributed by atoms with Crippen molar-refractivity contribution in [3.63, 3.8) is 0 Å². The Morgan fingerprint density at radius 2 is 1.79 bits per heavy atom. The third-order valence-corrected chi connectivity index (χ3v) is 6.82. The van der Waals surface area contributed by atoms with E-state index >= 15 is 0 Å². The summed E-state index contributed by atoms with van der Waals surface area (Å²) in [7, 11) is -0.785. The van der Waals surface area contributed by atoms with Gasteiger partial charge in [-0.1, -0.05) is 0 Å². The first kappa shape index (κ1) is 23.0. The van der Waals surface area contributed by atoms with Crippen LogP contribution < -0.4 is 20.1 Å². The fourth-order valence-electron chi connectivity index (χ4n) is 3.21. The van der Waals surface area contributed by atoms with Crippen LogP contribution in [-0.4, -0.2) is 64.4 Å². The largest absolute Gasteiger partial charge is 0.493 e. The summed E-state index contributed by atoms with van der Waals surface area (Å²) in [6, 6.07) is 3.83. The number of carbonyl (C=O) groups excluding carboxylic acids is 2. The highest BCUT2D eigenvalue weighted by molar-refractivity contribution is 7.89. The standard InChI is InChI=1S/C19H29N3O6S/c1-5-20-18(23)13(2)21-19(24)14-8-10-22(11-9-14)29(25,26)15-6-7-16(27-3)17(12-15)28-4/h6-7,12-14H,5,8-11H2,1-4H3,(H,20,23)(H,21,24)/t13-/m1/s1. The molecule has 2 amide bonds. The van der Waals surface area contributed by atoms with Crippen molar-refractivity contribution in [2.45, 2.75) is 37.6 Å². The van der Waals surface area contributed by atoms with Gasteiger partial charge in [0.25, 0.3) is 0 Å². The van der Waals surface area contributed by atoms with E-state index in [-0.39, 0.29) is 35.7 Å². The summed E-state index contributed by atoms with van der Waals surface area (Å²) >= 11 is 0. The molecular weight excluding hydrogens is 398 g/mol. The number of nitrogens with zero attached hydrogens (tertiary/aromatic N) is 1. The topological polar surface area (TPSA) is 114 Å². The van der Waals surface area contributed by atoms with Crippen LogP contribution in [0, 0.1) is 5.92 Å². The minimum absolute atomic E-state index is 0.114. The number of carbonyl (C=O) groups is 2. The molecule has 0 unspecified atom stereocenters. The van der Waals surface area contributed by atoms with Gasteiger partial charge in [-0.05, 0) is 38.8 Å². The first-order chi connectivity index (χ1) is 13.7. The fourth-order valence-corrected chi connectivity index (χ4v) is 4.69. The monoisotopic (exact) mass is 427 g/mol. The maximum atomic E-state index is 12.9. The zero-order valence-electron chi connectivity index (χ0n) is 17.2. The molecule has 0 bridgehead atoms. The second-order valence-electron chi connectivity index (χ2n) is 6.82. The molecule has 1 aromatic rings. The zero-order valence-corrected chi connectivity index (χ0v) is 18.0. The second-order valence-corrected chi connectivity index (χ2v) is 8.76. The van der Waals surface area contributed by atoms with E-state index in [9.17, 15) is 18.0 Å². The number of benzene rings is 1. The van der Waals surface area contributed by atoms with E-state index < -0.39 is 16.1 Å². The van der Waals surface area contributed by atoms with Crippen molar-refractivity contribution in [3.8, 4) is 11.5 Å². The first-order valence-electron chi connectivity index (χ1n) is 9.54. The molecule has 9 nitrogen and oxygen atoms in total. The van der Waals surface area contributed by atoms with Crippen molar-refractivity contribution >= 4 is 21.8 Å². The van der Waals surface area contributed by atoms with Crippen LogP contribution in [0.1, 0.15) is 26.7 Å². The number of amides is 2. The summed E-state index contributed by atoms with van der Waals surface area (Å²) in [6.07, 6.45) is 0.779. The van der Waals surface area contributed by atoms with Crippen molar-refractivity contribution in [1.82, 2.24) is 14.9 Å². The quantitative estimate of drug-likeness (QED) is 0.633. The van der Waals surface area contributed by atoms with Crippen LogP contribution in [0.15, 0.2) is 23.1 Å². The molecule has 2 N–H and O–H groups in total. The second kappa shape index (κ2) is 9.93. The normalized spacial score (nSPS) is 16.7. The summed E-state index contributed by atoms with van der Waals surface area (Å²) in [5, 5.41) is 5.35. The molecule has 0 aliphatic carbocycles. The Balaban J connectivity index is 2.01. The Kier molecular flexibility index (Phi) is 7.86. The molecule has 0 saturated carbocycles. The van der Waals surface area contributed by atoms with Crippen LogP contribution in [0.4, 0.5) is 0 Å². The highest BCUT2D eigenvalue weighted by Gasteiger charge is 2.33. The minimum Gasteiger partial charge on any atom is -0.493 e. The van der Waals surface area contributed by atoms with Crippen LogP contribution >= 0.6 is 0 Å². The Hall–Kier alpha value is -2.33. The maximum absolute atomic E-state index is 12.9. The summed E-state index contributed by atoms with van der Waals surface area (Å²) in [4.78, 5) is 24.3. The van der Waals surface area contributed by atoms with Gasteiger partial charge in [0.05, 0.1) is 19.1 Å². The van der Waals surface area contributed by atoms with Crippen LogP contribution in [0.5, 0.6) is 11.5 Å². The summed E-state index contributed by atoms with van der Waals surface area (Å²) in [5.41, 5.74) is 0. The lowest BCUT2D eigenvalue weighted by Gasteiger charge is -2.31. The average Bonchev–Trinajstić information content (AvgIpc) is 2.73. The molecular formula is C19H29N3O6S. The van der Waals surface area contributed by atoms with Gasteiger partial charge in [-0.15, -0.1) is 0 Å². The molecule has 0 spiro atoms. The van der Waals surface area contributed by atoms with E-state index in [1.807, 2.05) is 0 Å². The van der Waals surface area contributed by atoms with E-state index in [1.165, 1.54) is 30.7 Å². The van der Waals surface area contributed by atoms with Crippen LogP contribution in [0.3, 0.4) is 0 Å². The maximum Gasteiger partial charge on any atom is 0.243 e. The van der Waals surface area contributed by atoms with Gasteiger partial charge in [0.2, 0.25) is 21.8 Å². The van der Waals surface area contributed by atoms with Crippen LogP contribution in [0.2, 0.25) is 0 Å². The fraction of sp³-hybridized carbons (Fsp3) is 0.579. The lowest BCUT2D eigenvalue weighted by Crippen LogP contribution is -2.49. The summed E-state index contributed by atoms with van der Waals surface area (Å²) in [6.45, 7) is 4.38. The molecule has 29 heavy (non-hydrogen) atoms. The molecule has 1 heterocycles. The molecule has 2 rings (SSSR count). The van der Waals surface area contributed by atoms with Crippen molar-refractivity contribution < 1.29 is 27.5 Å². The predicted molar refractivity (Wildman–Crippen MR) is 107 cm³/mol. The Morgan fingerprint density at radius 1 is 1.17 bits per heavy atom. The van der Waals surface area contributed by atoms with Gasteiger partial charge in [-0.25, -0.2) is 8.42 Å². The molecule has 1 saturated heterocycles. The van der Waals surface area contributed by atoms with E-state index in [0.717, 1.165) is 0 Å². The molecule has 1 fully saturated rings. The SMILES string of the molecule is CCNC(=O)[C@@H](C)NC(=O)C1CCN(S(=O)(=O)c2ccc(OC)c(OC)c2)CC1. The smallest absolute Gasteiger partial charge is 0.243 e. The van der Waals surface area contributed by atoms with E-state index in [2.05, 4.69) is 10.6 Å². The van der Waals surface area contributed by atoms with E-state index in [1.54, 1.807) is 19.9 Å². The van der Waals surface area contributed by atoms with Gasteiger partial charge in [0, 0.05) is 31.6 Å². The van der Waals surface area contributed by atoms with Crippen molar-refractivity contribution in [2.24, 2.45) is 5.92 Å². The molecule has 1 aromatic carbocycles. The molecule has 1 atom stereocenters. The number of sulfonamides is 1. The van der Waals surface area contributed by atoms with Gasteiger partial charge < -0.3 is 20.1 Å². The number of methoxy groups -OCH3 is 2. The van der Waals surface area contributed by atoms with Gasteiger partial charge >= 0.3 is 0 Å². The molecule has 1 aliphatic heterocycles. The van der Waals surface area contributed by atoms with Crippen molar-refractivity contribution in [3.05, 3.63) is 18.2 Å². The average molecular weight is 428 g/mol. The number of ether oxygens (including phenoxy) is 2. The van der Waals surface area contributed by atoms with Gasteiger partial charge in [-0.3, -0.25) is 9.59 Å². The third-order valence-electron chi connectivity index (χ3n) is 4.92. The van der Waals surface area contributed by atoms with Gasteiger partial charge in [0.15, 0.2) is 11.5 Å². The van der Waals surface area contributed by atoms with E-state index in [0.29, 0.717) is 30.9 Å². The summed E-state index contributed by atoms with van der Waals surface area (Å²) < 4.78 is 37.6. The van der Waals surface area contributed by atoms with Gasteiger partial charge in [-0.2, -0.15) is 4.31 Å². The van der Waals surface area contributed by atoms with Crippen molar-refractivity contribution in [2.75, 3.05) is 33.9 Å². The Morgan fingerprint density at radius 3 is 2.34 bits per heavy atom. The highest BCUT2D eigenvalue weighted by Crippen LogP contribution is 2.32. The molecule has 0 radical (unpaired) electrons. The third kappa shape index (κ3) is 5.39. The zero-order chi connectivity index (χ0) is 21.6. The Labute approximate surface area is 171 Å². The number of hydrogen-bond donors (Lipinski definition) is 2. The number of piperidine rings is 1. The number of nitrogens with one attached hydrogen (secondary N) is 2. The molecule has 162 valence electrons. The van der Waals surface area contributed by atoms with Crippen LogP contribution in [0.25, 0.3) is 0 Å². The lowest BCUT2D eigenvalue weighted by atomic mass is 9.97. The highest BCUT2D eigenvalue weighted by atomic mass is 32.2. The van der Waals surface area contributed by atoms with Gasteiger partial charge in [0.1, 0.15) is 6.04 Å². The lowest BCUT2D eigenvalue weighted by molar-refractivity contribution is -0.131. The number of likely N-dealkylation sites (N-methyl/N-ethyl adjacent to an activating group) is 1. The van der Waals surface area contributed by atoms with Crippen molar-refractivity contribution in [1.29, 1.82) is 0 Å². The van der Waals surface area contributed by atoms with E-state index in [4.69, 9.17) is 9.47 Å². The number of rotatable bonds is 8. The molecule has 1 aliphatic rings. The van der Waals surface area contributed by atoms with Crippen LogP contribution in [-0.2, 0) is 19.6 Å². The Bertz CT molecular complexity index is 834. The summed E-state index contributed by atoms with van der Waals surface area (Å²) in [5.74, 6) is -0.0183.